The lowest BCUT2D eigenvalue weighted by molar-refractivity contribution is -0.144. The second kappa shape index (κ2) is 4.45. The summed E-state index contributed by atoms with van der Waals surface area (Å²) < 4.78 is 4.24. The first-order valence-corrected chi connectivity index (χ1v) is 2.79. The monoisotopic (exact) mass is 160 g/mol. The van der Waals surface area contributed by atoms with Gasteiger partial charge in [0.15, 0.2) is 0 Å². The molecule has 11 heavy (non-hydrogen) atoms. The molecule has 0 rings (SSSR count). The number of carboxylic acids is 1. The van der Waals surface area contributed by atoms with Crippen LogP contribution in [0.3, 0.4) is 0 Å². The Hall–Kier alpha value is -1.36. The van der Waals surface area contributed by atoms with Gasteiger partial charge in [0.05, 0.1) is 6.61 Å². The predicted octanol–water partition coefficient (Wildman–Crippen LogP) is -0.837. The summed E-state index contributed by atoms with van der Waals surface area (Å²) in [5.41, 5.74) is -0.640. The van der Waals surface area contributed by atoms with Crippen molar-refractivity contribution in [3.8, 4) is 0 Å². The largest absolute Gasteiger partial charge is 0.477 e. The van der Waals surface area contributed by atoms with Gasteiger partial charge >= 0.3 is 11.9 Å². The maximum absolute atomic E-state index is 10.5. The van der Waals surface area contributed by atoms with E-state index in [1.807, 2.05) is 0 Å². The van der Waals surface area contributed by atoms with Crippen LogP contribution in [0.1, 0.15) is 0 Å². The standard InChI is InChI=1S/C6H8O5/c1-4(5(8)9)6(10)11-3-2-7/h7H,1-3H2,(H,8,9). The Bertz CT molecular complexity index is 183. The Balaban J connectivity index is 3.84. The third-order valence-corrected chi connectivity index (χ3v) is 0.829. The van der Waals surface area contributed by atoms with Crippen LogP contribution in [0, 0.1) is 0 Å². The highest BCUT2D eigenvalue weighted by atomic mass is 16.5. The molecular weight excluding hydrogens is 152 g/mol. The van der Waals surface area contributed by atoms with Crippen molar-refractivity contribution in [2.45, 2.75) is 0 Å². The van der Waals surface area contributed by atoms with E-state index in [-0.39, 0.29) is 13.2 Å². The van der Waals surface area contributed by atoms with Crippen molar-refractivity contribution in [1.82, 2.24) is 0 Å². The smallest absolute Gasteiger partial charge is 0.345 e. The van der Waals surface area contributed by atoms with E-state index < -0.39 is 17.5 Å². The normalized spacial score (nSPS) is 8.82. The molecule has 0 aliphatic carbocycles. The molecule has 0 heterocycles. The van der Waals surface area contributed by atoms with Gasteiger partial charge < -0.3 is 14.9 Å². The first kappa shape index (κ1) is 9.64. The lowest BCUT2D eigenvalue weighted by Crippen LogP contribution is -2.15. The van der Waals surface area contributed by atoms with E-state index >= 15 is 0 Å². The van der Waals surface area contributed by atoms with Crippen molar-refractivity contribution < 1.29 is 24.5 Å². The van der Waals surface area contributed by atoms with Crippen molar-refractivity contribution in [1.29, 1.82) is 0 Å². The minimum atomic E-state index is -1.42. The Kier molecular flexibility index (Phi) is 3.90. The van der Waals surface area contributed by atoms with Crippen LogP contribution in [0.4, 0.5) is 0 Å². The van der Waals surface area contributed by atoms with E-state index in [1.54, 1.807) is 0 Å². The van der Waals surface area contributed by atoms with Gasteiger partial charge in [-0.1, -0.05) is 6.58 Å². The second-order valence-electron chi connectivity index (χ2n) is 1.64. The third kappa shape index (κ3) is 3.36. The molecule has 0 aromatic heterocycles. The molecule has 0 amide bonds. The summed E-state index contributed by atoms with van der Waals surface area (Å²) >= 11 is 0. The van der Waals surface area contributed by atoms with E-state index in [9.17, 15) is 9.59 Å². The number of hydrogen-bond donors (Lipinski definition) is 2. The number of rotatable bonds is 4. The number of carbonyl (C=O) groups excluding carboxylic acids is 1. The lowest BCUT2D eigenvalue weighted by atomic mass is 10.3. The lowest BCUT2D eigenvalue weighted by Gasteiger charge is -2.00. The fourth-order valence-electron chi connectivity index (χ4n) is 0.313. The third-order valence-electron chi connectivity index (χ3n) is 0.829. The zero-order valence-electron chi connectivity index (χ0n) is 5.74. The summed E-state index contributed by atoms with van der Waals surface area (Å²) in [5, 5.41) is 16.4. The van der Waals surface area contributed by atoms with Gasteiger partial charge in [-0.25, -0.2) is 9.59 Å². The number of aliphatic carboxylic acids is 1. The number of ether oxygens (including phenoxy) is 1. The molecule has 5 heteroatoms. The van der Waals surface area contributed by atoms with Crippen LogP contribution in [0.5, 0.6) is 0 Å². The van der Waals surface area contributed by atoms with Gasteiger partial charge in [0.25, 0.3) is 0 Å². The highest BCUT2D eigenvalue weighted by Gasteiger charge is 2.14. The topological polar surface area (TPSA) is 83.8 Å². The zero-order valence-corrected chi connectivity index (χ0v) is 5.74. The number of carbonyl (C=O) groups is 2. The van der Waals surface area contributed by atoms with E-state index in [2.05, 4.69) is 11.3 Å². The van der Waals surface area contributed by atoms with Gasteiger partial charge in [0, 0.05) is 0 Å². The SMILES string of the molecule is C=C(C(=O)O)C(=O)OCCO. The van der Waals surface area contributed by atoms with Crippen LogP contribution >= 0.6 is 0 Å². The van der Waals surface area contributed by atoms with Crippen LogP contribution in [0.15, 0.2) is 12.2 Å². The fraction of sp³-hybridized carbons (Fsp3) is 0.333. The van der Waals surface area contributed by atoms with Crippen molar-refractivity contribution in [3.63, 3.8) is 0 Å². The highest BCUT2D eigenvalue weighted by molar-refractivity contribution is 6.12. The first-order valence-electron chi connectivity index (χ1n) is 2.79. The van der Waals surface area contributed by atoms with Crippen molar-refractivity contribution in [2.75, 3.05) is 13.2 Å². The molecule has 0 aromatic carbocycles. The van der Waals surface area contributed by atoms with E-state index in [0.717, 1.165) is 0 Å². The average Bonchev–Trinajstić information content (AvgIpc) is 1.98. The molecular formula is C6H8O5. The van der Waals surface area contributed by atoms with E-state index in [4.69, 9.17) is 10.2 Å². The minimum Gasteiger partial charge on any atom is -0.477 e. The van der Waals surface area contributed by atoms with Crippen molar-refractivity contribution in [2.24, 2.45) is 0 Å². The Labute approximate surface area is 62.9 Å². The summed E-state index contributed by atoms with van der Waals surface area (Å²) in [6.45, 7) is 2.40. The molecule has 0 fully saturated rings. The molecule has 0 aliphatic rings. The molecule has 0 aromatic rings. The highest BCUT2D eigenvalue weighted by Crippen LogP contribution is 1.93. The maximum atomic E-state index is 10.5. The van der Waals surface area contributed by atoms with Gasteiger partial charge in [-0.15, -0.1) is 0 Å². The molecule has 0 radical (unpaired) electrons. The Morgan fingerprint density at radius 3 is 2.36 bits per heavy atom. The number of esters is 1. The van der Waals surface area contributed by atoms with E-state index in [1.165, 1.54) is 0 Å². The number of carboxylic acid groups (broad SMARTS) is 1. The summed E-state index contributed by atoms with van der Waals surface area (Å²) in [6.07, 6.45) is 0. The number of aliphatic hydroxyl groups excluding tert-OH is 1. The van der Waals surface area contributed by atoms with Crippen LogP contribution in [-0.2, 0) is 14.3 Å². The van der Waals surface area contributed by atoms with Crippen molar-refractivity contribution in [3.05, 3.63) is 12.2 Å². The molecule has 0 aliphatic heterocycles. The molecule has 0 bridgehead atoms. The summed E-state index contributed by atoms with van der Waals surface area (Å²) in [4.78, 5) is 20.6. The van der Waals surface area contributed by atoms with Crippen LogP contribution in [-0.4, -0.2) is 35.4 Å². The molecule has 2 N–H and O–H groups in total. The molecule has 5 nitrogen and oxygen atoms in total. The quantitative estimate of drug-likeness (QED) is 0.242. The Morgan fingerprint density at radius 1 is 1.45 bits per heavy atom. The molecule has 62 valence electrons. The number of aliphatic hydroxyl groups is 1. The Morgan fingerprint density at radius 2 is 2.00 bits per heavy atom. The molecule has 0 atom stereocenters. The fourth-order valence-corrected chi connectivity index (χ4v) is 0.313. The number of hydrogen-bond acceptors (Lipinski definition) is 4. The van der Waals surface area contributed by atoms with Gasteiger partial charge in [-0.3, -0.25) is 0 Å². The summed E-state index contributed by atoms with van der Waals surface area (Å²) in [5.74, 6) is -2.44. The van der Waals surface area contributed by atoms with Gasteiger partial charge in [-0.05, 0) is 0 Å². The van der Waals surface area contributed by atoms with Crippen LogP contribution in [0.25, 0.3) is 0 Å². The predicted molar refractivity (Wildman–Crippen MR) is 34.8 cm³/mol. The average molecular weight is 160 g/mol. The molecule has 0 spiro atoms. The second-order valence-corrected chi connectivity index (χ2v) is 1.64. The summed E-state index contributed by atoms with van der Waals surface area (Å²) in [7, 11) is 0. The van der Waals surface area contributed by atoms with Crippen molar-refractivity contribution >= 4 is 11.9 Å². The van der Waals surface area contributed by atoms with E-state index in [0.29, 0.717) is 0 Å². The molecule has 0 saturated carbocycles. The van der Waals surface area contributed by atoms with Gasteiger partial charge in [-0.2, -0.15) is 0 Å². The first-order chi connectivity index (χ1) is 5.09. The minimum absolute atomic E-state index is 0.217. The van der Waals surface area contributed by atoms with Gasteiger partial charge in [0.2, 0.25) is 0 Å². The summed E-state index contributed by atoms with van der Waals surface area (Å²) in [6, 6.07) is 0. The zero-order chi connectivity index (χ0) is 8.85. The molecule has 0 saturated heterocycles. The van der Waals surface area contributed by atoms with Crippen LogP contribution in [0.2, 0.25) is 0 Å². The maximum Gasteiger partial charge on any atom is 0.345 e. The van der Waals surface area contributed by atoms with Crippen LogP contribution < -0.4 is 0 Å². The van der Waals surface area contributed by atoms with Gasteiger partial charge in [0.1, 0.15) is 12.2 Å². The molecule has 0 unspecified atom stereocenters.